The number of carbonyl (C=O) groups excluding carboxylic acids is 1. The Kier molecular flexibility index (Phi) is 4.46. The highest BCUT2D eigenvalue weighted by Gasteiger charge is 2.35. The van der Waals surface area contributed by atoms with Crippen molar-refractivity contribution in [3.05, 3.63) is 33.1 Å². The molecule has 21 heavy (non-hydrogen) atoms. The average Bonchev–Trinajstić information content (AvgIpc) is 2.41. The molecular formula is C14H18ClN3O3. The number of nitro groups is 1. The standard InChI is InChI=1S/C14H18ClN3O3/c1-8-6-9(2)10(3)17(7-8)14(19)11-4-5-16-13(15)12(11)18(20)21/h4-5,8-10H,6-7H2,1-3H3. The van der Waals surface area contributed by atoms with E-state index in [4.69, 9.17) is 11.6 Å². The van der Waals surface area contributed by atoms with E-state index in [1.807, 2.05) is 6.92 Å². The van der Waals surface area contributed by atoms with Crippen LogP contribution in [0.4, 0.5) is 5.69 Å². The van der Waals surface area contributed by atoms with Gasteiger partial charge in [0.2, 0.25) is 5.15 Å². The molecule has 3 atom stereocenters. The maximum atomic E-state index is 12.7. The summed E-state index contributed by atoms with van der Waals surface area (Å²) in [5, 5.41) is 10.9. The first kappa shape index (κ1) is 15.7. The van der Waals surface area contributed by atoms with Gasteiger partial charge in [-0.25, -0.2) is 4.98 Å². The maximum Gasteiger partial charge on any atom is 0.319 e. The van der Waals surface area contributed by atoms with Gasteiger partial charge in [-0.05, 0) is 31.2 Å². The summed E-state index contributed by atoms with van der Waals surface area (Å²) in [6.07, 6.45) is 2.37. The Labute approximate surface area is 128 Å². The van der Waals surface area contributed by atoms with Crippen LogP contribution < -0.4 is 0 Å². The van der Waals surface area contributed by atoms with Gasteiger partial charge >= 0.3 is 5.69 Å². The average molecular weight is 312 g/mol. The van der Waals surface area contributed by atoms with Crippen LogP contribution in [0.1, 0.15) is 37.6 Å². The molecule has 0 radical (unpaired) electrons. The van der Waals surface area contributed by atoms with E-state index in [2.05, 4.69) is 18.8 Å². The molecule has 0 aliphatic carbocycles. The van der Waals surface area contributed by atoms with Gasteiger partial charge in [-0.3, -0.25) is 14.9 Å². The second-order valence-electron chi connectivity index (χ2n) is 5.77. The summed E-state index contributed by atoms with van der Waals surface area (Å²) in [5.74, 6) is 0.377. The molecule has 0 saturated carbocycles. The van der Waals surface area contributed by atoms with Crippen LogP contribution in [-0.2, 0) is 0 Å². The summed E-state index contributed by atoms with van der Waals surface area (Å²) < 4.78 is 0. The van der Waals surface area contributed by atoms with Gasteiger partial charge in [0.05, 0.1) is 4.92 Å². The van der Waals surface area contributed by atoms with Crippen molar-refractivity contribution in [2.45, 2.75) is 33.2 Å². The number of pyridine rings is 1. The Morgan fingerprint density at radius 3 is 2.76 bits per heavy atom. The lowest BCUT2D eigenvalue weighted by Crippen LogP contribution is -2.49. The fourth-order valence-corrected chi connectivity index (χ4v) is 3.14. The second-order valence-corrected chi connectivity index (χ2v) is 6.13. The van der Waals surface area contributed by atoms with E-state index >= 15 is 0 Å². The van der Waals surface area contributed by atoms with Crippen LogP contribution in [0.2, 0.25) is 5.15 Å². The van der Waals surface area contributed by atoms with Crippen molar-refractivity contribution in [2.24, 2.45) is 11.8 Å². The second kappa shape index (κ2) is 5.97. The van der Waals surface area contributed by atoms with Gasteiger partial charge in [0, 0.05) is 18.8 Å². The van der Waals surface area contributed by atoms with Crippen molar-refractivity contribution in [3.63, 3.8) is 0 Å². The highest BCUT2D eigenvalue weighted by molar-refractivity contribution is 6.32. The quantitative estimate of drug-likeness (QED) is 0.477. The summed E-state index contributed by atoms with van der Waals surface area (Å²) in [7, 11) is 0. The smallest absolute Gasteiger partial charge is 0.319 e. The van der Waals surface area contributed by atoms with Crippen LogP contribution in [0.3, 0.4) is 0 Å². The summed E-state index contributed by atoms with van der Waals surface area (Å²) in [6, 6.07) is 1.41. The molecule has 1 aliphatic rings. The Bertz CT molecular complexity index is 579. The zero-order valence-corrected chi connectivity index (χ0v) is 13.0. The Morgan fingerprint density at radius 1 is 1.48 bits per heavy atom. The van der Waals surface area contributed by atoms with Gasteiger partial charge in [0.15, 0.2) is 0 Å². The lowest BCUT2D eigenvalue weighted by atomic mass is 9.85. The number of carbonyl (C=O) groups is 1. The van der Waals surface area contributed by atoms with Gasteiger partial charge in [-0.2, -0.15) is 0 Å². The van der Waals surface area contributed by atoms with Gasteiger partial charge in [-0.1, -0.05) is 25.4 Å². The zero-order valence-electron chi connectivity index (χ0n) is 12.2. The minimum atomic E-state index is -0.649. The van der Waals surface area contributed by atoms with Crippen LogP contribution in [-0.4, -0.2) is 33.3 Å². The monoisotopic (exact) mass is 311 g/mol. The number of piperidine rings is 1. The first-order valence-corrected chi connectivity index (χ1v) is 7.30. The number of halogens is 1. The Morgan fingerprint density at radius 2 is 2.14 bits per heavy atom. The summed E-state index contributed by atoms with van der Waals surface area (Å²) in [6.45, 7) is 6.75. The molecule has 2 heterocycles. The van der Waals surface area contributed by atoms with Gasteiger partial charge in [0.25, 0.3) is 5.91 Å². The summed E-state index contributed by atoms with van der Waals surface area (Å²) >= 11 is 5.78. The van der Waals surface area contributed by atoms with E-state index in [-0.39, 0.29) is 22.7 Å². The van der Waals surface area contributed by atoms with Crippen molar-refractivity contribution in [1.82, 2.24) is 9.88 Å². The summed E-state index contributed by atoms with van der Waals surface area (Å²) in [4.78, 5) is 28.6. The molecule has 0 bridgehead atoms. The minimum Gasteiger partial charge on any atom is -0.335 e. The van der Waals surface area contributed by atoms with Crippen molar-refractivity contribution < 1.29 is 9.72 Å². The fourth-order valence-electron chi connectivity index (χ4n) is 2.91. The number of rotatable bonds is 2. The van der Waals surface area contributed by atoms with E-state index < -0.39 is 10.6 Å². The number of amides is 1. The molecule has 0 N–H and O–H groups in total. The third-order valence-corrected chi connectivity index (χ3v) is 4.43. The van der Waals surface area contributed by atoms with Crippen LogP contribution in [0.15, 0.2) is 12.3 Å². The van der Waals surface area contributed by atoms with Crippen LogP contribution in [0.5, 0.6) is 0 Å². The van der Waals surface area contributed by atoms with Gasteiger partial charge in [-0.15, -0.1) is 0 Å². The van der Waals surface area contributed by atoms with Crippen LogP contribution >= 0.6 is 11.6 Å². The van der Waals surface area contributed by atoms with Crippen molar-refractivity contribution in [3.8, 4) is 0 Å². The molecular weight excluding hydrogens is 294 g/mol. The molecule has 114 valence electrons. The number of hydrogen-bond donors (Lipinski definition) is 0. The zero-order chi connectivity index (χ0) is 15.7. The van der Waals surface area contributed by atoms with Gasteiger partial charge in [0.1, 0.15) is 5.56 Å². The lowest BCUT2D eigenvalue weighted by Gasteiger charge is -2.41. The number of likely N-dealkylation sites (tertiary alicyclic amines) is 1. The molecule has 1 amide bonds. The molecule has 1 aromatic rings. The molecule has 6 nitrogen and oxygen atoms in total. The topological polar surface area (TPSA) is 76.3 Å². The van der Waals surface area contributed by atoms with E-state index in [1.165, 1.54) is 12.3 Å². The summed E-state index contributed by atoms with van der Waals surface area (Å²) in [5.41, 5.74) is -0.407. The molecule has 7 heteroatoms. The van der Waals surface area contributed by atoms with E-state index in [9.17, 15) is 14.9 Å². The minimum absolute atomic E-state index is 0.00755. The van der Waals surface area contributed by atoms with Crippen molar-refractivity contribution in [1.29, 1.82) is 0 Å². The molecule has 3 unspecified atom stereocenters. The number of aromatic nitrogens is 1. The molecule has 2 rings (SSSR count). The van der Waals surface area contributed by atoms with Crippen LogP contribution in [0, 0.1) is 22.0 Å². The van der Waals surface area contributed by atoms with Gasteiger partial charge < -0.3 is 4.90 Å². The highest BCUT2D eigenvalue weighted by atomic mass is 35.5. The normalized spacial score (nSPS) is 25.7. The van der Waals surface area contributed by atoms with E-state index in [0.717, 1.165) is 6.42 Å². The largest absolute Gasteiger partial charge is 0.335 e. The molecule has 1 aliphatic heterocycles. The molecule has 1 fully saturated rings. The third-order valence-electron chi connectivity index (χ3n) is 4.15. The molecule has 1 aromatic heterocycles. The number of nitrogens with zero attached hydrogens (tertiary/aromatic N) is 3. The lowest BCUT2D eigenvalue weighted by molar-refractivity contribution is -0.385. The highest BCUT2D eigenvalue weighted by Crippen LogP contribution is 2.32. The molecule has 1 saturated heterocycles. The van der Waals surface area contributed by atoms with Crippen molar-refractivity contribution in [2.75, 3.05) is 6.54 Å². The predicted molar refractivity (Wildman–Crippen MR) is 79.3 cm³/mol. The Hall–Kier alpha value is -1.69. The van der Waals surface area contributed by atoms with Crippen LogP contribution in [0.25, 0.3) is 0 Å². The first-order chi connectivity index (χ1) is 9.82. The van der Waals surface area contributed by atoms with E-state index in [0.29, 0.717) is 18.4 Å². The Balaban J connectivity index is 2.40. The molecule has 0 aromatic carbocycles. The fraction of sp³-hybridized carbons (Fsp3) is 0.571. The predicted octanol–water partition coefficient (Wildman–Crippen LogP) is 3.15. The van der Waals surface area contributed by atoms with Crippen molar-refractivity contribution >= 4 is 23.2 Å². The maximum absolute atomic E-state index is 12.7. The first-order valence-electron chi connectivity index (χ1n) is 6.92. The number of hydrogen-bond acceptors (Lipinski definition) is 4. The van der Waals surface area contributed by atoms with E-state index in [1.54, 1.807) is 4.90 Å². The SMILES string of the molecule is CC1CC(C)C(C)N(C(=O)c2ccnc(Cl)c2[N+](=O)[O-])C1. The third kappa shape index (κ3) is 3.00. The molecule has 0 spiro atoms.